The fraction of sp³-hybridized carbons (Fsp3) is 0.273. The molecule has 0 radical (unpaired) electrons. The van der Waals surface area contributed by atoms with Crippen molar-refractivity contribution in [2.24, 2.45) is 0 Å². The fourth-order valence-corrected chi connectivity index (χ4v) is 2.33. The van der Waals surface area contributed by atoms with Crippen molar-refractivity contribution < 1.29 is 9.90 Å². The maximum Gasteiger partial charge on any atom is 0.307 e. The van der Waals surface area contributed by atoms with Gasteiger partial charge in [0.2, 0.25) is 0 Å². The second-order valence-corrected chi connectivity index (χ2v) is 5.08. The van der Waals surface area contributed by atoms with Crippen LogP contribution in [0.3, 0.4) is 0 Å². The second-order valence-electron chi connectivity index (χ2n) is 4.00. The number of hydrogen-bond acceptors (Lipinski definition) is 4. The third-order valence-corrected chi connectivity index (χ3v) is 3.72. The highest BCUT2D eigenvalue weighted by Crippen LogP contribution is 2.18. The molecule has 8 heteroatoms. The zero-order valence-electron chi connectivity index (χ0n) is 10.3. The summed E-state index contributed by atoms with van der Waals surface area (Å²) in [5.74, 6) is -0.513. The number of nitrogens with one attached hydrogen (secondary N) is 1. The molecule has 0 atom stereocenters. The van der Waals surface area contributed by atoms with Crippen LogP contribution in [0.15, 0.2) is 11.1 Å². The molecule has 2 aromatic rings. The van der Waals surface area contributed by atoms with E-state index in [1.54, 1.807) is 13.8 Å². The first-order valence-corrected chi connectivity index (χ1v) is 6.50. The van der Waals surface area contributed by atoms with E-state index in [-0.39, 0.29) is 12.0 Å². The van der Waals surface area contributed by atoms with Gasteiger partial charge in [0.15, 0.2) is 5.82 Å². The van der Waals surface area contributed by atoms with Gasteiger partial charge in [-0.1, -0.05) is 0 Å². The highest BCUT2D eigenvalue weighted by atomic mass is 127. The summed E-state index contributed by atoms with van der Waals surface area (Å²) in [5.41, 5.74) is 1.69. The van der Waals surface area contributed by atoms with Crippen molar-refractivity contribution in [2.75, 3.05) is 0 Å². The summed E-state index contributed by atoms with van der Waals surface area (Å²) in [5, 5.41) is 13.2. The molecule has 0 aliphatic heterocycles. The minimum Gasteiger partial charge on any atom is -0.481 e. The van der Waals surface area contributed by atoms with Crippen molar-refractivity contribution in [1.82, 2.24) is 19.7 Å². The molecule has 2 rings (SSSR count). The first kappa shape index (κ1) is 13.7. The predicted molar refractivity (Wildman–Crippen MR) is 75.5 cm³/mol. The van der Waals surface area contributed by atoms with Gasteiger partial charge in [0.1, 0.15) is 3.57 Å². The van der Waals surface area contributed by atoms with E-state index >= 15 is 0 Å². The van der Waals surface area contributed by atoms with E-state index in [1.807, 2.05) is 22.6 Å². The van der Waals surface area contributed by atoms with E-state index in [4.69, 9.17) is 5.11 Å². The van der Waals surface area contributed by atoms with E-state index in [2.05, 4.69) is 15.1 Å². The third kappa shape index (κ3) is 2.53. The molecule has 0 fully saturated rings. The lowest BCUT2D eigenvalue weighted by Crippen LogP contribution is -2.16. The highest BCUT2D eigenvalue weighted by Gasteiger charge is 2.18. The highest BCUT2D eigenvalue weighted by molar-refractivity contribution is 14.1. The van der Waals surface area contributed by atoms with Crippen LogP contribution in [0.2, 0.25) is 0 Å². The van der Waals surface area contributed by atoms with Crippen LogP contribution in [0.5, 0.6) is 0 Å². The Balaban J connectivity index is 2.61. The van der Waals surface area contributed by atoms with E-state index < -0.39 is 5.97 Å². The minimum absolute atomic E-state index is 0.0998. The van der Waals surface area contributed by atoms with E-state index in [1.165, 1.54) is 11.0 Å². The molecular weight excluding hydrogens is 363 g/mol. The number of carbonyl (C=O) groups is 1. The zero-order chi connectivity index (χ0) is 14.2. The lowest BCUT2D eigenvalue weighted by molar-refractivity contribution is -0.136. The van der Waals surface area contributed by atoms with Gasteiger partial charge in [0.25, 0.3) is 5.56 Å². The van der Waals surface area contributed by atoms with Crippen molar-refractivity contribution in [3.63, 3.8) is 0 Å². The molecule has 7 nitrogen and oxygen atoms in total. The summed E-state index contributed by atoms with van der Waals surface area (Å²) in [4.78, 5) is 29.0. The maximum atomic E-state index is 11.6. The molecule has 0 aliphatic carbocycles. The van der Waals surface area contributed by atoms with Crippen LogP contribution in [0.4, 0.5) is 0 Å². The molecule has 0 bridgehead atoms. The van der Waals surface area contributed by atoms with Gasteiger partial charge in [-0.25, -0.2) is 9.67 Å². The van der Waals surface area contributed by atoms with Crippen LogP contribution < -0.4 is 5.56 Å². The standard InChI is InChI=1S/C11H11IN4O3/c1-5-7(3-8(17)18)6(2)16(15-5)10-9(12)11(19)14-4-13-10/h4H,3H2,1-2H3,(H,17,18)(H,13,14,19). The summed E-state index contributed by atoms with van der Waals surface area (Å²) in [6, 6.07) is 0. The molecule has 0 amide bonds. The number of rotatable bonds is 3. The molecule has 2 N–H and O–H groups in total. The number of carboxylic acid groups (broad SMARTS) is 1. The van der Waals surface area contributed by atoms with Crippen LogP contribution in [-0.2, 0) is 11.2 Å². The Kier molecular flexibility index (Phi) is 3.69. The molecule has 0 aliphatic rings. The molecule has 0 spiro atoms. The van der Waals surface area contributed by atoms with Gasteiger partial charge in [-0.05, 0) is 36.4 Å². The van der Waals surface area contributed by atoms with Gasteiger partial charge in [-0.2, -0.15) is 5.10 Å². The Labute approximate surface area is 121 Å². The molecule has 0 unspecified atom stereocenters. The Bertz CT molecular complexity index is 704. The number of aromatic amines is 1. The molecule has 100 valence electrons. The molecule has 0 saturated heterocycles. The Morgan fingerprint density at radius 2 is 2.21 bits per heavy atom. The average Bonchev–Trinajstić information content (AvgIpc) is 2.60. The number of halogens is 1. The van der Waals surface area contributed by atoms with Crippen molar-refractivity contribution in [3.05, 3.63) is 37.2 Å². The number of nitrogens with zero attached hydrogens (tertiary/aromatic N) is 3. The molecule has 2 aromatic heterocycles. The quantitative estimate of drug-likeness (QED) is 0.775. The largest absolute Gasteiger partial charge is 0.481 e. The SMILES string of the molecule is Cc1nn(-c2nc[nH]c(=O)c2I)c(C)c1CC(=O)O. The summed E-state index contributed by atoms with van der Waals surface area (Å²) < 4.78 is 1.91. The maximum absolute atomic E-state index is 11.6. The predicted octanol–water partition coefficient (Wildman–Crippen LogP) is 0.804. The monoisotopic (exact) mass is 374 g/mol. The number of carboxylic acids is 1. The second kappa shape index (κ2) is 5.11. The lowest BCUT2D eigenvalue weighted by Gasteiger charge is -2.05. The summed E-state index contributed by atoms with van der Waals surface area (Å²) >= 11 is 1.89. The number of aryl methyl sites for hydroxylation is 1. The first-order valence-electron chi connectivity index (χ1n) is 5.42. The van der Waals surface area contributed by atoms with Crippen molar-refractivity contribution in [3.8, 4) is 5.82 Å². The zero-order valence-corrected chi connectivity index (χ0v) is 12.4. The Morgan fingerprint density at radius 1 is 1.53 bits per heavy atom. The average molecular weight is 374 g/mol. The molecule has 19 heavy (non-hydrogen) atoms. The third-order valence-electron chi connectivity index (χ3n) is 2.75. The number of hydrogen-bond donors (Lipinski definition) is 2. The summed E-state index contributed by atoms with van der Waals surface area (Å²) in [7, 11) is 0. The Morgan fingerprint density at radius 3 is 2.84 bits per heavy atom. The molecule has 0 saturated carbocycles. The van der Waals surface area contributed by atoms with Crippen molar-refractivity contribution >= 4 is 28.6 Å². The smallest absolute Gasteiger partial charge is 0.307 e. The van der Waals surface area contributed by atoms with Gasteiger partial charge in [-0.15, -0.1) is 0 Å². The number of aromatic nitrogens is 4. The van der Waals surface area contributed by atoms with E-state index in [0.29, 0.717) is 26.3 Å². The van der Waals surface area contributed by atoms with Gasteiger partial charge in [-0.3, -0.25) is 9.59 Å². The van der Waals surface area contributed by atoms with E-state index in [9.17, 15) is 9.59 Å². The molecule has 0 aromatic carbocycles. The first-order chi connectivity index (χ1) is 8.91. The van der Waals surface area contributed by atoms with Gasteiger partial charge >= 0.3 is 5.97 Å². The summed E-state index contributed by atoms with van der Waals surface area (Å²) in [6.45, 7) is 3.50. The van der Waals surface area contributed by atoms with Gasteiger partial charge in [0.05, 0.1) is 18.4 Å². The Hall–Kier alpha value is -1.71. The molecule has 2 heterocycles. The van der Waals surface area contributed by atoms with Gasteiger partial charge < -0.3 is 10.1 Å². The molecular formula is C11H11IN4O3. The van der Waals surface area contributed by atoms with Gasteiger partial charge in [0, 0.05) is 11.3 Å². The minimum atomic E-state index is -0.917. The van der Waals surface area contributed by atoms with Crippen molar-refractivity contribution in [2.45, 2.75) is 20.3 Å². The number of H-pyrrole nitrogens is 1. The topological polar surface area (TPSA) is 101 Å². The van der Waals surface area contributed by atoms with Crippen molar-refractivity contribution in [1.29, 1.82) is 0 Å². The lowest BCUT2D eigenvalue weighted by atomic mass is 10.1. The normalized spacial score (nSPS) is 10.7. The van der Waals surface area contributed by atoms with Crippen LogP contribution in [0.25, 0.3) is 5.82 Å². The fourth-order valence-electron chi connectivity index (χ4n) is 1.81. The number of aliphatic carboxylic acids is 1. The van der Waals surface area contributed by atoms with Crippen LogP contribution in [0, 0.1) is 17.4 Å². The van der Waals surface area contributed by atoms with E-state index in [0.717, 1.165) is 0 Å². The van der Waals surface area contributed by atoms with Crippen LogP contribution in [-0.4, -0.2) is 30.8 Å². The summed E-state index contributed by atoms with van der Waals surface area (Å²) in [6.07, 6.45) is 1.20. The van der Waals surface area contributed by atoms with Crippen LogP contribution in [0.1, 0.15) is 17.0 Å². The van der Waals surface area contributed by atoms with Crippen LogP contribution >= 0.6 is 22.6 Å².